The molecule has 0 saturated carbocycles. The second kappa shape index (κ2) is 5.25. The lowest BCUT2D eigenvalue weighted by Gasteiger charge is -2.22. The van der Waals surface area contributed by atoms with Gasteiger partial charge in [-0.2, -0.15) is 0 Å². The molecule has 0 saturated heterocycles. The maximum absolute atomic E-state index is 11.5. The standard InChI is InChI=1S/C10H15NO3S/c1-10(13,7-14-2)6-11-9(12)8-4-3-5-15-8/h3-5,13H,6-7H2,1-2H3,(H,11,12). The van der Waals surface area contributed by atoms with Crippen LogP contribution in [0.5, 0.6) is 0 Å². The number of hydrogen-bond donors (Lipinski definition) is 2. The molecule has 1 unspecified atom stereocenters. The number of carbonyl (C=O) groups is 1. The summed E-state index contributed by atoms with van der Waals surface area (Å²) in [6.07, 6.45) is 0. The summed E-state index contributed by atoms with van der Waals surface area (Å²) in [6, 6.07) is 3.55. The second-order valence-electron chi connectivity index (χ2n) is 3.59. The first-order valence-electron chi connectivity index (χ1n) is 4.58. The highest BCUT2D eigenvalue weighted by atomic mass is 32.1. The number of carbonyl (C=O) groups excluding carboxylic acids is 1. The summed E-state index contributed by atoms with van der Waals surface area (Å²) in [7, 11) is 1.51. The molecule has 5 heteroatoms. The van der Waals surface area contributed by atoms with Gasteiger partial charge in [0.25, 0.3) is 5.91 Å². The molecule has 0 aliphatic carbocycles. The Kier molecular flexibility index (Phi) is 4.26. The molecule has 0 aliphatic heterocycles. The molecule has 1 rings (SSSR count). The normalized spacial score (nSPS) is 14.6. The summed E-state index contributed by atoms with van der Waals surface area (Å²) in [6.45, 7) is 1.99. The molecule has 84 valence electrons. The molecule has 1 atom stereocenters. The molecule has 15 heavy (non-hydrogen) atoms. The average Bonchev–Trinajstić information content (AvgIpc) is 2.67. The fourth-order valence-electron chi connectivity index (χ4n) is 1.13. The maximum Gasteiger partial charge on any atom is 0.261 e. The highest BCUT2D eigenvalue weighted by Crippen LogP contribution is 2.08. The lowest BCUT2D eigenvalue weighted by Crippen LogP contribution is -2.43. The van der Waals surface area contributed by atoms with E-state index in [1.54, 1.807) is 13.0 Å². The molecule has 0 bridgehead atoms. The van der Waals surface area contributed by atoms with Crippen molar-refractivity contribution in [2.75, 3.05) is 20.3 Å². The number of rotatable bonds is 5. The minimum absolute atomic E-state index is 0.165. The van der Waals surface area contributed by atoms with Crippen LogP contribution in [0.25, 0.3) is 0 Å². The summed E-state index contributed by atoms with van der Waals surface area (Å²) in [5, 5.41) is 14.2. The van der Waals surface area contributed by atoms with E-state index < -0.39 is 5.60 Å². The van der Waals surface area contributed by atoms with E-state index in [0.29, 0.717) is 4.88 Å². The first-order valence-corrected chi connectivity index (χ1v) is 5.46. The molecule has 0 aliphatic rings. The van der Waals surface area contributed by atoms with Crippen molar-refractivity contribution in [1.29, 1.82) is 0 Å². The zero-order valence-corrected chi connectivity index (χ0v) is 9.63. The smallest absolute Gasteiger partial charge is 0.261 e. The Bertz CT molecular complexity index is 308. The molecule has 0 aromatic carbocycles. The fourth-order valence-corrected chi connectivity index (χ4v) is 1.77. The summed E-state index contributed by atoms with van der Waals surface area (Å²) >= 11 is 1.37. The van der Waals surface area contributed by atoms with Gasteiger partial charge in [-0.15, -0.1) is 11.3 Å². The van der Waals surface area contributed by atoms with Gasteiger partial charge >= 0.3 is 0 Å². The van der Waals surface area contributed by atoms with Crippen molar-refractivity contribution in [3.05, 3.63) is 22.4 Å². The number of ether oxygens (including phenoxy) is 1. The van der Waals surface area contributed by atoms with Crippen molar-refractivity contribution in [1.82, 2.24) is 5.32 Å². The van der Waals surface area contributed by atoms with Crippen LogP contribution in [0.1, 0.15) is 16.6 Å². The molecule has 0 radical (unpaired) electrons. The van der Waals surface area contributed by atoms with Crippen LogP contribution in [-0.2, 0) is 4.74 Å². The Hall–Kier alpha value is -0.910. The van der Waals surface area contributed by atoms with Gasteiger partial charge in [0.05, 0.1) is 11.5 Å². The van der Waals surface area contributed by atoms with Crippen LogP contribution in [0.15, 0.2) is 17.5 Å². The summed E-state index contributed by atoms with van der Waals surface area (Å²) < 4.78 is 4.83. The van der Waals surface area contributed by atoms with E-state index in [0.717, 1.165) is 0 Å². The molecule has 1 amide bonds. The Balaban J connectivity index is 2.40. The van der Waals surface area contributed by atoms with E-state index in [9.17, 15) is 9.90 Å². The highest BCUT2D eigenvalue weighted by molar-refractivity contribution is 7.12. The van der Waals surface area contributed by atoms with E-state index in [-0.39, 0.29) is 19.1 Å². The third-order valence-electron chi connectivity index (χ3n) is 1.83. The molecule has 0 fully saturated rings. The van der Waals surface area contributed by atoms with Crippen LogP contribution < -0.4 is 5.32 Å². The van der Waals surface area contributed by atoms with Crippen molar-refractivity contribution < 1.29 is 14.6 Å². The SMILES string of the molecule is COCC(C)(O)CNC(=O)c1cccs1. The van der Waals surface area contributed by atoms with Gasteiger partial charge in [-0.3, -0.25) is 4.79 Å². The lowest BCUT2D eigenvalue weighted by atomic mass is 10.1. The molecule has 1 aromatic rings. The van der Waals surface area contributed by atoms with Gasteiger partial charge in [-0.1, -0.05) is 6.07 Å². The van der Waals surface area contributed by atoms with Crippen molar-refractivity contribution in [2.24, 2.45) is 0 Å². The third kappa shape index (κ3) is 3.99. The second-order valence-corrected chi connectivity index (χ2v) is 4.54. The van der Waals surface area contributed by atoms with Crippen molar-refractivity contribution in [3.8, 4) is 0 Å². The van der Waals surface area contributed by atoms with Crippen LogP contribution in [0.4, 0.5) is 0 Å². The Labute approximate surface area is 92.9 Å². The first kappa shape index (κ1) is 12.2. The van der Waals surface area contributed by atoms with Crippen molar-refractivity contribution in [3.63, 3.8) is 0 Å². The number of hydrogen-bond acceptors (Lipinski definition) is 4. The van der Waals surface area contributed by atoms with Crippen molar-refractivity contribution in [2.45, 2.75) is 12.5 Å². The Morgan fingerprint density at radius 2 is 2.47 bits per heavy atom. The zero-order valence-electron chi connectivity index (χ0n) is 8.82. The quantitative estimate of drug-likeness (QED) is 0.788. The van der Waals surface area contributed by atoms with Crippen LogP contribution in [0, 0.1) is 0 Å². The number of nitrogens with one attached hydrogen (secondary N) is 1. The van der Waals surface area contributed by atoms with E-state index >= 15 is 0 Å². The predicted molar refractivity (Wildman–Crippen MR) is 59.2 cm³/mol. The number of thiophene rings is 1. The van der Waals surface area contributed by atoms with Gasteiger partial charge in [-0.25, -0.2) is 0 Å². The molecule has 0 spiro atoms. The molecule has 1 aromatic heterocycles. The van der Waals surface area contributed by atoms with Gasteiger partial charge in [0.2, 0.25) is 0 Å². The average molecular weight is 229 g/mol. The van der Waals surface area contributed by atoms with Gasteiger partial charge in [0.15, 0.2) is 0 Å². The summed E-state index contributed by atoms with van der Waals surface area (Å²) in [5.41, 5.74) is -1.03. The molecular formula is C10H15NO3S. The van der Waals surface area contributed by atoms with Gasteiger partial charge < -0.3 is 15.2 Å². The van der Waals surface area contributed by atoms with Crippen LogP contribution in [0.2, 0.25) is 0 Å². The van der Waals surface area contributed by atoms with Crippen LogP contribution in [-0.4, -0.2) is 36.9 Å². The zero-order chi connectivity index (χ0) is 11.3. The summed E-state index contributed by atoms with van der Waals surface area (Å²) in [5.74, 6) is -0.165. The molecular weight excluding hydrogens is 214 g/mol. The largest absolute Gasteiger partial charge is 0.386 e. The van der Waals surface area contributed by atoms with Crippen molar-refractivity contribution >= 4 is 17.2 Å². The predicted octanol–water partition coefficient (Wildman–Crippen LogP) is 0.875. The third-order valence-corrected chi connectivity index (χ3v) is 2.70. The molecule has 4 nitrogen and oxygen atoms in total. The molecule has 2 N–H and O–H groups in total. The van der Waals surface area contributed by atoms with Crippen LogP contribution >= 0.6 is 11.3 Å². The molecule has 1 heterocycles. The maximum atomic E-state index is 11.5. The van der Waals surface area contributed by atoms with Gasteiger partial charge in [0, 0.05) is 13.7 Å². The lowest BCUT2D eigenvalue weighted by molar-refractivity contribution is -0.0146. The number of aliphatic hydroxyl groups is 1. The van der Waals surface area contributed by atoms with Gasteiger partial charge in [0.1, 0.15) is 5.60 Å². The number of methoxy groups -OCH3 is 1. The van der Waals surface area contributed by atoms with E-state index in [2.05, 4.69) is 5.32 Å². The summed E-state index contributed by atoms with van der Waals surface area (Å²) in [4.78, 5) is 12.1. The Morgan fingerprint density at radius 3 is 3.00 bits per heavy atom. The highest BCUT2D eigenvalue weighted by Gasteiger charge is 2.21. The topological polar surface area (TPSA) is 58.6 Å². The Morgan fingerprint density at radius 1 is 1.73 bits per heavy atom. The minimum atomic E-state index is -1.03. The number of amides is 1. The van der Waals surface area contributed by atoms with E-state index in [1.807, 2.05) is 11.4 Å². The van der Waals surface area contributed by atoms with E-state index in [4.69, 9.17) is 4.74 Å². The fraction of sp³-hybridized carbons (Fsp3) is 0.500. The first-order chi connectivity index (χ1) is 7.05. The monoisotopic (exact) mass is 229 g/mol. The van der Waals surface area contributed by atoms with Gasteiger partial charge in [-0.05, 0) is 18.4 Å². The minimum Gasteiger partial charge on any atom is -0.386 e. The van der Waals surface area contributed by atoms with Crippen LogP contribution in [0.3, 0.4) is 0 Å². The van der Waals surface area contributed by atoms with E-state index in [1.165, 1.54) is 18.4 Å².